The second-order valence-corrected chi connectivity index (χ2v) is 15.6. The molecule has 0 spiro atoms. The topological polar surface area (TPSA) is 112 Å². The van der Waals surface area contributed by atoms with Gasteiger partial charge in [-0.1, -0.05) is 89.1 Å². The van der Waals surface area contributed by atoms with Crippen molar-refractivity contribution < 1.29 is 19.5 Å². The summed E-state index contributed by atoms with van der Waals surface area (Å²) in [6.07, 6.45) is 9.12. The van der Waals surface area contributed by atoms with E-state index in [9.17, 15) is 19.5 Å². The molecule has 2 N–H and O–H groups in total. The van der Waals surface area contributed by atoms with E-state index < -0.39 is 17.9 Å². The molecule has 1 aliphatic heterocycles. The number of carboxylic acid groups (broad SMARTS) is 1. The molecular formula is C39H44N4O4S. The van der Waals surface area contributed by atoms with Crippen molar-refractivity contribution >= 4 is 29.1 Å². The van der Waals surface area contributed by atoms with Crippen LogP contribution in [0.1, 0.15) is 85.0 Å². The molecule has 2 aromatic carbocycles. The van der Waals surface area contributed by atoms with Crippen LogP contribution in [0.25, 0.3) is 22.5 Å². The maximum Gasteiger partial charge on any atom is 0.310 e. The molecule has 250 valence electrons. The third kappa shape index (κ3) is 7.67. The quantitative estimate of drug-likeness (QED) is 0.194. The molecule has 0 radical (unpaired) electrons. The molecule has 2 amide bonds. The molecule has 1 saturated carbocycles. The van der Waals surface area contributed by atoms with E-state index in [4.69, 9.17) is 0 Å². The number of likely N-dealkylation sites (tertiary alicyclic amines) is 1. The number of hydrogen-bond acceptors (Lipinski definition) is 6. The normalized spacial score (nSPS) is 19.0. The number of nitrogens with zero attached hydrogens (tertiary/aromatic N) is 3. The number of carbonyl (C=O) groups is 3. The van der Waals surface area contributed by atoms with Crippen molar-refractivity contribution in [3.63, 3.8) is 0 Å². The molecule has 2 fully saturated rings. The van der Waals surface area contributed by atoms with Crippen LogP contribution in [0.5, 0.6) is 0 Å². The minimum Gasteiger partial charge on any atom is -0.481 e. The average molecular weight is 665 g/mol. The smallest absolute Gasteiger partial charge is 0.310 e. The standard InChI is InChI=1S/C39H44N4O4S/c1-24-5-9-26(10-6-24)27-13-15-28(16-14-27)30-20-40-35(41-21-30)29-11-7-25(8-12-29)19-32(37(45)43-22-31(23-43)38(46)47)42-36(44)33-17-18-34(48-33)39(2,3)4/h7-8,11-18,20-21,24,26,31-32H,5-6,9-10,19,22-23H2,1-4H3,(H,42,44)(H,46,47)/t24?,26?,32-/m0/s1. The van der Waals surface area contributed by atoms with E-state index >= 15 is 0 Å². The first-order chi connectivity index (χ1) is 22.9. The molecule has 3 heterocycles. The molecule has 2 aromatic heterocycles. The first kappa shape index (κ1) is 33.5. The highest BCUT2D eigenvalue weighted by Crippen LogP contribution is 2.36. The van der Waals surface area contributed by atoms with Gasteiger partial charge in [-0.05, 0) is 58.9 Å². The van der Waals surface area contributed by atoms with Crippen LogP contribution in [0.3, 0.4) is 0 Å². The van der Waals surface area contributed by atoms with E-state index in [1.54, 1.807) is 6.07 Å². The molecule has 1 atom stereocenters. The Kier molecular flexibility index (Phi) is 9.78. The summed E-state index contributed by atoms with van der Waals surface area (Å²) in [5.74, 6) is 0.0144. The van der Waals surface area contributed by atoms with Gasteiger partial charge in [-0.25, -0.2) is 9.97 Å². The van der Waals surface area contributed by atoms with Crippen molar-refractivity contribution in [2.75, 3.05) is 13.1 Å². The summed E-state index contributed by atoms with van der Waals surface area (Å²) < 4.78 is 0. The second kappa shape index (κ2) is 14.0. The van der Waals surface area contributed by atoms with Crippen LogP contribution in [0.4, 0.5) is 0 Å². The van der Waals surface area contributed by atoms with Crippen LogP contribution in [-0.4, -0.2) is 56.9 Å². The van der Waals surface area contributed by atoms with Crippen molar-refractivity contribution in [3.8, 4) is 22.5 Å². The van der Waals surface area contributed by atoms with Gasteiger partial charge in [0.25, 0.3) is 5.91 Å². The van der Waals surface area contributed by atoms with E-state index in [1.807, 2.05) is 42.7 Å². The summed E-state index contributed by atoms with van der Waals surface area (Å²) in [5.41, 5.74) is 5.09. The number of amides is 2. The van der Waals surface area contributed by atoms with Crippen molar-refractivity contribution in [1.29, 1.82) is 0 Å². The summed E-state index contributed by atoms with van der Waals surface area (Å²) in [7, 11) is 0. The molecule has 1 aliphatic carbocycles. The Morgan fingerprint density at radius 1 is 0.875 bits per heavy atom. The van der Waals surface area contributed by atoms with E-state index in [0.29, 0.717) is 16.6 Å². The Bertz CT molecular complexity index is 1750. The summed E-state index contributed by atoms with van der Waals surface area (Å²) >= 11 is 1.42. The highest BCUT2D eigenvalue weighted by atomic mass is 32.1. The molecule has 48 heavy (non-hydrogen) atoms. The van der Waals surface area contributed by atoms with Gasteiger partial charge < -0.3 is 15.3 Å². The summed E-state index contributed by atoms with van der Waals surface area (Å²) in [4.78, 5) is 50.5. The van der Waals surface area contributed by atoms with E-state index in [0.717, 1.165) is 33.0 Å². The van der Waals surface area contributed by atoms with Crippen LogP contribution >= 0.6 is 11.3 Å². The predicted molar refractivity (Wildman–Crippen MR) is 189 cm³/mol. The van der Waals surface area contributed by atoms with Crippen LogP contribution < -0.4 is 5.32 Å². The average Bonchev–Trinajstić information content (AvgIpc) is 3.56. The van der Waals surface area contributed by atoms with Crippen LogP contribution in [0.15, 0.2) is 73.1 Å². The second-order valence-electron chi connectivity index (χ2n) is 14.5. The summed E-state index contributed by atoms with van der Waals surface area (Å²) in [6.45, 7) is 8.91. The van der Waals surface area contributed by atoms with Crippen molar-refractivity contribution in [2.24, 2.45) is 11.8 Å². The van der Waals surface area contributed by atoms with Crippen LogP contribution in [0, 0.1) is 11.8 Å². The molecule has 2 aliphatic rings. The lowest BCUT2D eigenvalue weighted by molar-refractivity contribution is -0.153. The third-order valence-corrected chi connectivity index (χ3v) is 11.3. The predicted octanol–water partition coefficient (Wildman–Crippen LogP) is 7.35. The number of rotatable bonds is 9. The maximum absolute atomic E-state index is 13.5. The Balaban J connectivity index is 1.12. The fourth-order valence-corrected chi connectivity index (χ4v) is 7.49. The van der Waals surface area contributed by atoms with Crippen molar-refractivity contribution in [3.05, 3.63) is 93.9 Å². The van der Waals surface area contributed by atoms with Crippen molar-refractivity contribution in [2.45, 2.75) is 77.2 Å². The SMILES string of the molecule is CC1CCC(c2ccc(-c3cnc(-c4ccc(C[C@H](NC(=O)c5ccc(C(C)(C)C)s5)C(=O)N5CC(C(=O)O)C5)cc4)nc3)cc2)CC1. The van der Waals surface area contributed by atoms with Gasteiger partial charge in [0, 0.05) is 47.9 Å². The number of thiophene rings is 1. The zero-order valence-electron chi connectivity index (χ0n) is 28.1. The summed E-state index contributed by atoms with van der Waals surface area (Å²) in [5, 5.41) is 12.2. The van der Waals surface area contributed by atoms with E-state index in [2.05, 4.69) is 67.2 Å². The number of carboxylic acids is 1. The molecule has 0 bridgehead atoms. The molecule has 6 rings (SSSR count). The van der Waals surface area contributed by atoms with Gasteiger partial charge >= 0.3 is 5.97 Å². The Morgan fingerprint density at radius 2 is 1.50 bits per heavy atom. The molecule has 1 saturated heterocycles. The van der Waals surface area contributed by atoms with Crippen LogP contribution in [0.2, 0.25) is 0 Å². The van der Waals surface area contributed by atoms with Gasteiger partial charge in [-0.2, -0.15) is 0 Å². The lowest BCUT2D eigenvalue weighted by Crippen LogP contribution is -2.59. The lowest BCUT2D eigenvalue weighted by atomic mass is 9.79. The van der Waals surface area contributed by atoms with E-state index in [-0.39, 0.29) is 36.7 Å². The largest absolute Gasteiger partial charge is 0.481 e. The number of nitrogens with one attached hydrogen (secondary N) is 1. The Labute approximate surface area is 286 Å². The van der Waals surface area contributed by atoms with Crippen LogP contribution in [-0.2, 0) is 21.4 Å². The van der Waals surface area contributed by atoms with Gasteiger partial charge in [0.05, 0.1) is 10.8 Å². The number of carbonyl (C=O) groups excluding carboxylic acids is 2. The first-order valence-corrected chi connectivity index (χ1v) is 17.7. The number of benzene rings is 2. The van der Waals surface area contributed by atoms with Gasteiger partial charge in [-0.3, -0.25) is 14.4 Å². The number of aromatic nitrogens is 2. The van der Waals surface area contributed by atoms with Crippen molar-refractivity contribution in [1.82, 2.24) is 20.2 Å². The van der Waals surface area contributed by atoms with Gasteiger partial charge in [0.1, 0.15) is 6.04 Å². The zero-order valence-corrected chi connectivity index (χ0v) is 28.9. The van der Waals surface area contributed by atoms with Gasteiger partial charge in [0.15, 0.2) is 5.82 Å². The summed E-state index contributed by atoms with van der Waals surface area (Å²) in [6, 6.07) is 19.4. The van der Waals surface area contributed by atoms with Gasteiger partial charge in [0.2, 0.25) is 5.91 Å². The monoisotopic (exact) mass is 664 g/mol. The molecular weight excluding hydrogens is 621 g/mol. The Hall–Kier alpha value is -4.37. The minimum atomic E-state index is -0.916. The highest BCUT2D eigenvalue weighted by Gasteiger charge is 2.39. The van der Waals surface area contributed by atoms with E-state index in [1.165, 1.54) is 47.5 Å². The number of aliphatic carboxylic acids is 1. The van der Waals surface area contributed by atoms with Gasteiger partial charge in [-0.15, -0.1) is 11.3 Å². The molecule has 0 unspecified atom stereocenters. The maximum atomic E-state index is 13.5. The third-order valence-electron chi connectivity index (χ3n) is 9.75. The number of hydrogen-bond donors (Lipinski definition) is 2. The zero-order chi connectivity index (χ0) is 34.0. The first-order valence-electron chi connectivity index (χ1n) is 16.9. The highest BCUT2D eigenvalue weighted by molar-refractivity contribution is 7.14. The Morgan fingerprint density at radius 3 is 2.08 bits per heavy atom. The fraction of sp³-hybridized carbons (Fsp3) is 0.410. The molecule has 8 nitrogen and oxygen atoms in total. The fourth-order valence-electron chi connectivity index (χ4n) is 6.52. The minimum absolute atomic E-state index is 0.0908. The molecule has 9 heteroatoms. The molecule has 4 aromatic rings. The lowest BCUT2D eigenvalue weighted by Gasteiger charge is -2.38.